The highest BCUT2D eigenvalue weighted by Crippen LogP contribution is 2.43. The van der Waals surface area contributed by atoms with Crippen LogP contribution in [0.25, 0.3) is 0 Å². The molecule has 354 valence electrons. The minimum atomic E-state index is -4.90. The highest BCUT2D eigenvalue weighted by Gasteiger charge is 2.28. The van der Waals surface area contributed by atoms with Crippen LogP contribution in [-0.2, 0) is 41.8 Å². The van der Waals surface area contributed by atoms with Gasteiger partial charge in [0, 0.05) is 12.8 Å². The number of unbranched alkanes of at least 4 members (excludes halogenated alkanes) is 9. The standard InChI is InChI=1S/C43H76O16P2/c1-4-6-19-26-37(44)27-21-16-13-14-17-22-28-40(46)41(47)29-24-31-42(48)55-34-39(35-58-61(53,54)57-33-38(45)32-56-60(50,51)52)59-43(49)30-23-18-12-10-8-7-9-11-15-20-25-36(3)5-2/h6,13-14,16-17,19,21-22,27-28,36-41,44-47H,4-5,7-12,15,18,20,23-26,29-35H2,1-3H3,(H,53,54)(H2,50,51,52)/b16-13+,17-14-,19-6-,27-21+,28-22-/t36?,37-,38+,39-,40+,41+/m1/s1. The van der Waals surface area contributed by atoms with Crippen LogP contribution in [0.1, 0.15) is 136 Å². The summed E-state index contributed by atoms with van der Waals surface area (Å²) in [7, 11) is -9.79. The number of aliphatic hydroxyl groups excluding tert-OH is 4. The van der Waals surface area contributed by atoms with Crippen molar-refractivity contribution in [2.24, 2.45) is 5.92 Å². The molecule has 0 aromatic heterocycles. The minimum absolute atomic E-state index is 0.0562. The lowest BCUT2D eigenvalue weighted by Gasteiger charge is -2.20. The van der Waals surface area contributed by atoms with Crippen molar-refractivity contribution in [1.29, 1.82) is 0 Å². The summed E-state index contributed by atoms with van der Waals surface area (Å²) in [5, 5.41) is 40.1. The van der Waals surface area contributed by atoms with Crippen molar-refractivity contribution in [1.82, 2.24) is 0 Å². The van der Waals surface area contributed by atoms with Gasteiger partial charge >= 0.3 is 27.6 Å². The zero-order valence-corrected chi connectivity index (χ0v) is 38.3. The number of aliphatic hydroxyl groups is 4. The lowest BCUT2D eigenvalue weighted by atomic mass is 9.99. The first-order valence-electron chi connectivity index (χ1n) is 21.7. The summed E-state index contributed by atoms with van der Waals surface area (Å²) in [5.41, 5.74) is 0. The number of hydrogen-bond donors (Lipinski definition) is 7. The highest BCUT2D eigenvalue weighted by atomic mass is 31.2. The number of rotatable bonds is 39. The molecule has 0 heterocycles. The fourth-order valence-electron chi connectivity index (χ4n) is 5.49. The van der Waals surface area contributed by atoms with Crippen LogP contribution in [0.15, 0.2) is 60.8 Å². The Hall–Kier alpha value is -2.30. The van der Waals surface area contributed by atoms with Gasteiger partial charge in [0.25, 0.3) is 0 Å². The second-order valence-electron chi connectivity index (χ2n) is 15.1. The quantitative estimate of drug-likeness (QED) is 0.0103. The number of esters is 2. The lowest BCUT2D eigenvalue weighted by Crippen LogP contribution is -2.30. The number of ether oxygens (including phenoxy) is 2. The smallest absolute Gasteiger partial charge is 0.462 e. The maximum atomic E-state index is 12.7. The molecule has 61 heavy (non-hydrogen) atoms. The summed E-state index contributed by atoms with van der Waals surface area (Å²) < 4.78 is 47.5. The van der Waals surface area contributed by atoms with E-state index in [-0.39, 0.29) is 25.7 Å². The molecule has 2 unspecified atom stereocenters. The monoisotopic (exact) mass is 910 g/mol. The Bertz CT molecular complexity index is 1380. The van der Waals surface area contributed by atoms with E-state index < -0.39 is 84.5 Å². The van der Waals surface area contributed by atoms with Gasteiger partial charge in [-0.15, -0.1) is 0 Å². The van der Waals surface area contributed by atoms with Crippen molar-refractivity contribution in [3.63, 3.8) is 0 Å². The van der Waals surface area contributed by atoms with Crippen LogP contribution in [0.5, 0.6) is 0 Å². The second-order valence-corrected chi connectivity index (χ2v) is 17.7. The molecule has 0 bridgehead atoms. The van der Waals surface area contributed by atoms with E-state index in [4.69, 9.17) is 23.8 Å². The Morgan fingerprint density at radius 1 is 0.607 bits per heavy atom. The SMILES string of the molecule is CC/C=C\C[C@@H](O)/C=C/C=C/C=C\C=C/[C@H](O)[C@@H](O)CCCC(=O)OC[C@H](COP(=O)(O)OC[C@@H](O)COP(=O)(O)O)OC(=O)CCCCCCCCCCCCC(C)CC. The fraction of sp³-hybridized carbons (Fsp3) is 0.721. The zero-order chi connectivity index (χ0) is 45.8. The fourth-order valence-corrected chi connectivity index (χ4v) is 6.64. The van der Waals surface area contributed by atoms with Crippen LogP contribution in [0, 0.1) is 5.92 Å². The Balaban J connectivity index is 4.85. The number of carbonyl (C=O) groups is 2. The van der Waals surface area contributed by atoms with Crippen molar-refractivity contribution in [2.75, 3.05) is 26.4 Å². The van der Waals surface area contributed by atoms with E-state index in [1.165, 1.54) is 51.0 Å². The van der Waals surface area contributed by atoms with Crippen LogP contribution < -0.4 is 0 Å². The largest absolute Gasteiger partial charge is 0.472 e. The number of hydrogen-bond acceptors (Lipinski definition) is 13. The Labute approximate surface area is 363 Å². The van der Waals surface area contributed by atoms with Gasteiger partial charge in [-0.25, -0.2) is 9.13 Å². The molecule has 0 saturated heterocycles. The summed E-state index contributed by atoms with van der Waals surface area (Å²) in [6, 6.07) is 0. The van der Waals surface area contributed by atoms with Crippen LogP contribution in [0.3, 0.4) is 0 Å². The van der Waals surface area contributed by atoms with Gasteiger partial charge in [-0.3, -0.25) is 23.2 Å². The van der Waals surface area contributed by atoms with Gasteiger partial charge in [-0.2, -0.15) is 0 Å². The number of phosphoric acid groups is 2. The molecule has 0 saturated carbocycles. The van der Waals surface area contributed by atoms with Crippen LogP contribution >= 0.6 is 15.6 Å². The Kier molecular flexibility index (Phi) is 35.7. The third kappa shape index (κ3) is 39.1. The Morgan fingerprint density at radius 3 is 1.75 bits per heavy atom. The number of carbonyl (C=O) groups excluding carboxylic acids is 2. The third-order valence-corrected chi connectivity index (χ3v) is 10.7. The molecule has 7 atom stereocenters. The summed E-state index contributed by atoms with van der Waals surface area (Å²) in [4.78, 5) is 52.7. The average Bonchev–Trinajstić information content (AvgIpc) is 3.21. The Morgan fingerprint density at radius 2 is 1.15 bits per heavy atom. The van der Waals surface area contributed by atoms with Crippen LogP contribution in [0.2, 0.25) is 0 Å². The van der Waals surface area contributed by atoms with Gasteiger partial charge in [0.2, 0.25) is 0 Å². The normalized spacial score (nSPS) is 16.7. The molecule has 0 aliphatic carbocycles. The van der Waals surface area contributed by atoms with Gasteiger partial charge in [0.05, 0.1) is 38.1 Å². The summed E-state index contributed by atoms with van der Waals surface area (Å²) in [5.74, 6) is -0.571. The molecule has 0 rings (SSSR count). The van der Waals surface area contributed by atoms with E-state index in [0.29, 0.717) is 12.8 Å². The third-order valence-electron chi connectivity index (χ3n) is 9.29. The molecule has 7 N–H and O–H groups in total. The average molecular weight is 911 g/mol. The molecule has 0 amide bonds. The predicted octanol–water partition coefficient (Wildman–Crippen LogP) is 7.61. The summed E-state index contributed by atoms with van der Waals surface area (Å²) in [6.07, 6.45) is 26.0. The van der Waals surface area contributed by atoms with E-state index in [0.717, 1.165) is 38.0 Å². The van der Waals surface area contributed by atoms with Crippen molar-refractivity contribution >= 4 is 27.6 Å². The second kappa shape index (κ2) is 37.1. The first kappa shape index (κ1) is 58.7. The number of phosphoric ester groups is 2. The van der Waals surface area contributed by atoms with E-state index >= 15 is 0 Å². The van der Waals surface area contributed by atoms with Crippen molar-refractivity contribution in [3.8, 4) is 0 Å². The van der Waals surface area contributed by atoms with Crippen molar-refractivity contribution in [3.05, 3.63) is 60.8 Å². The van der Waals surface area contributed by atoms with Crippen LogP contribution in [0.4, 0.5) is 0 Å². The maximum Gasteiger partial charge on any atom is 0.472 e. The zero-order valence-electron chi connectivity index (χ0n) is 36.5. The topological polar surface area (TPSA) is 256 Å². The summed E-state index contributed by atoms with van der Waals surface area (Å²) >= 11 is 0. The van der Waals surface area contributed by atoms with Crippen molar-refractivity contribution < 1.29 is 76.9 Å². The van der Waals surface area contributed by atoms with Crippen LogP contribution in [-0.4, -0.2) is 104 Å². The van der Waals surface area contributed by atoms with Crippen molar-refractivity contribution in [2.45, 2.75) is 167 Å². The molecule has 0 aliphatic rings. The van der Waals surface area contributed by atoms with Gasteiger partial charge in [-0.1, -0.05) is 152 Å². The summed E-state index contributed by atoms with van der Waals surface area (Å²) in [6.45, 7) is 3.48. The molecular weight excluding hydrogens is 834 g/mol. The van der Waals surface area contributed by atoms with E-state index in [1.54, 1.807) is 42.5 Å². The molecule has 0 fully saturated rings. The van der Waals surface area contributed by atoms with Gasteiger partial charge in [-0.05, 0) is 38.0 Å². The molecule has 0 aromatic rings. The first-order chi connectivity index (χ1) is 29.0. The molecule has 0 aromatic carbocycles. The molecule has 18 heteroatoms. The van der Waals surface area contributed by atoms with Gasteiger partial charge in [0.15, 0.2) is 6.10 Å². The van der Waals surface area contributed by atoms with Gasteiger partial charge < -0.3 is 44.6 Å². The molecular formula is C43H76O16P2. The van der Waals surface area contributed by atoms with Gasteiger partial charge in [0.1, 0.15) is 12.7 Å². The molecule has 16 nitrogen and oxygen atoms in total. The predicted molar refractivity (Wildman–Crippen MR) is 234 cm³/mol. The maximum absolute atomic E-state index is 12.7. The lowest BCUT2D eigenvalue weighted by molar-refractivity contribution is -0.161. The number of allylic oxidation sites excluding steroid dienone is 7. The molecule has 0 radical (unpaired) electrons. The van der Waals surface area contributed by atoms with E-state index in [9.17, 15) is 44.0 Å². The first-order valence-corrected chi connectivity index (χ1v) is 24.7. The highest BCUT2D eigenvalue weighted by molar-refractivity contribution is 7.47. The molecule has 0 aliphatic heterocycles. The van der Waals surface area contributed by atoms with E-state index in [1.807, 2.05) is 19.1 Å². The minimum Gasteiger partial charge on any atom is -0.462 e. The molecule has 0 spiro atoms. The van der Waals surface area contributed by atoms with E-state index in [2.05, 4.69) is 22.9 Å².